The van der Waals surface area contributed by atoms with Crippen molar-refractivity contribution < 1.29 is 22.3 Å². The molecule has 10 heteroatoms. The molecule has 36 heavy (non-hydrogen) atoms. The van der Waals surface area contributed by atoms with Gasteiger partial charge >= 0.3 is 5.97 Å². The predicted molar refractivity (Wildman–Crippen MR) is 135 cm³/mol. The monoisotopic (exact) mass is 509 g/mol. The van der Waals surface area contributed by atoms with Gasteiger partial charge in [0.2, 0.25) is 0 Å². The maximum absolute atomic E-state index is 13.8. The fourth-order valence-electron chi connectivity index (χ4n) is 4.83. The second kappa shape index (κ2) is 8.63. The van der Waals surface area contributed by atoms with Crippen molar-refractivity contribution in [2.75, 3.05) is 17.8 Å². The zero-order chi connectivity index (χ0) is 25.8. The van der Waals surface area contributed by atoms with Crippen LogP contribution in [0.5, 0.6) is 0 Å². The Morgan fingerprint density at radius 1 is 1.14 bits per heavy atom. The van der Waals surface area contributed by atoms with Crippen molar-refractivity contribution in [3.63, 3.8) is 0 Å². The normalized spacial score (nSPS) is 15.0. The molecule has 1 aliphatic rings. The molecule has 5 rings (SSSR count). The van der Waals surface area contributed by atoms with E-state index in [1.807, 2.05) is 0 Å². The molecular weight excluding hydrogens is 485 g/mol. The van der Waals surface area contributed by atoms with E-state index in [2.05, 4.69) is 4.98 Å². The van der Waals surface area contributed by atoms with Crippen LogP contribution in [0.1, 0.15) is 24.1 Å². The van der Waals surface area contributed by atoms with E-state index < -0.39 is 27.7 Å². The lowest BCUT2D eigenvalue weighted by Crippen LogP contribution is -2.31. The predicted octanol–water partition coefficient (Wildman–Crippen LogP) is 3.97. The van der Waals surface area contributed by atoms with Gasteiger partial charge in [0.15, 0.2) is 15.9 Å². The molecule has 1 N–H and O–H groups in total. The lowest BCUT2D eigenvalue weighted by Gasteiger charge is -2.32. The number of rotatable bonds is 5. The van der Waals surface area contributed by atoms with Crippen LogP contribution in [-0.4, -0.2) is 36.8 Å². The number of fused-ring (bicyclic) bond motifs is 2. The number of ether oxygens (including phenoxy) is 1. The quantitative estimate of drug-likeness (QED) is 0.409. The highest BCUT2D eigenvalue weighted by atomic mass is 32.2. The molecule has 1 aliphatic heterocycles. The smallest absolute Gasteiger partial charge is 0.333 e. The number of aromatic nitrogens is 2. The number of anilines is 2. The van der Waals surface area contributed by atoms with Gasteiger partial charge in [-0.2, -0.15) is 0 Å². The molecule has 0 fully saturated rings. The summed E-state index contributed by atoms with van der Waals surface area (Å²) in [6.45, 7) is 1.85. The van der Waals surface area contributed by atoms with Crippen LogP contribution in [0.4, 0.5) is 15.8 Å². The van der Waals surface area contributed by atoms with E-state index in [1.165, 1.54) is 16.7 Å². The summed E-state index contributed by atoms with van der Waals surface area (Å²) in [6, 6.07) is 9.94. The van der Waals surface area contributed by atoms with E-state index in [0.717, 1.165) is 6.26 Å². The lowest BCUT2D eigenvalue weighted by molar-refractivity contribution is -0.144. The molecule has 2 aromatic heterocycles. The molecule has 2 aromatic carbocycles. The topological polar surface area (TPSA) is 101 Å². The van der Waals surface area contributed by atoms with Crippen LogP contribution in [0.25, 0.3) is 22.0 Å². The van der Waals surface area contributed by atoms with Crippen molar-refractivity contribution in [3.05, 3.63) is 82.2 Å². The molecule has 0 radical (unpaired) electrons. The lowest BCUT2D eigenvalue weighted by atomic mass is 9.98. The fraction of sp³-hybridized carbons (Fsp3) is 0.231. The van der Waals surface area contributed by atoms with Gasteiger partial charge in [-0.3, -0.25) is 4.79 Å². The third kappa shape index (κ3) is 3.97. The van der Waals surface area contributed by atoms with E-state index in [0.29, 0.717) is 44.5 Å². The first-order valence-electron chi connectivity index (χ1n) is 11.3. The number of hydrogen-bond acceptors (Lipinski definition) is 6. The van der Waals surface area contributed by atoms with E-state index in [-0.39, 0.29) is 17.9 Å². The number of aromatic amines is 1. The molecule has 0 amide bonds. The van der Waals surface area contributed by atoms with Gasteiger partial charge in [0.05, 0.1) is 18.0 Å². The summed E-state index contributed by atoms with van der Waals surface area (Å²) in [6.07, 6.45) is 4.47. The minimum Gasteiger partial charge on any atom is -0.464 e. The minimum absolute atomic E-state index is 0.143. The Hall–Kier alpha value is -3.92. The molecule has 8 nitrogen and oxygen atoms in total. The largest absolute Gasteiger partial charge is 0.464 e. The first-order valence-corrected chi connectivity index (χ1v) is 13.4. The third-order valence-electron chi connectivity index (χ3n) is 6.24. The summed E-state index contributed by atoms with van der Waals surface area (Å²) in [5, 5.41) is 0.554. The number of esters is 1. The molecule has 0 bridgehead atoms. The number of aryl methyl sites for hydroxylation is 1. The number of H-pyrrole nitrogens is 1. The molecule has 1 unspecified atom stereocenters. The average molecular weight is 510 g/mol. The minimum atomic E-state index is -3.32. The zero-order valence-corrected chi connectivity index (χ0v) is 20.7. The average Bonchev–Trinajstić information content (AvgIpc) is 3.20. The molecule has 0 saturated heterocycles. The number of carbonyl (C=O) groups is 1. The number of halogens is 1. The summed E-state index contributed by atoms with van der Waals surface area (Å²) in [4.78, 5) is 31.2. The second-order valence-electron chi connectivity index (χ2n) is 8.88. The van der Waals surface area contributed by atoms with Crippen LogP contribution in [-0.2, 0) is 32.2 Å². The first kappa shape index (κ1) is 23.8. The maximum Gasteiger partial charge on any atom is 0.333 e. The standard InChI is InChI=1S/C26H24FN3O5S/c1-4-35-26(32)24-19-12-28-23-22(19)20(13-29(2)25(23)31)18-11-15(14-36(3,33)34)5-10-21(18)30(24)17-8-6-16(27)7-9-17/h5-13,24,28H,4,14H2,1-3H3. The van der Waals surface area contributed by atoms with Gasteiger partial charge in [0.25, 0.3) is 5.56 Å². The maximum atomic E-state index is 13.8. The van der Waals surface area contributed by atoms with Crippen molar-refractivity contribution >= 4 is 38.1 Å². The van der Waals surface area contributed by atoms with Crippen LogP contribution in [0.3, 0.4) is 0 Å². The Labute approximate surface area is 206 Å². The van der Waals surface area contributed by atoms with Crippen LogP contribution in [0.2, 0.25) is 0 Å². The third-order valence-corrected chi connectivity index (χ3v) is 7.10. The highest BCUT2D eigenvalue weighted by Crippen LogP contribution is 2.48. The Morgan fingerprint density at radius 2 is 1.86 bits per heavy atom. The molecule has 0 aliphatic carbocycles. The Kier molecular flexibility index (Phi) is 5.71. The molecule has 0 spiro atoms. The van der Waals surface area contributed by atoms with Crippen molar-refractivity contribution in [3.8, 4) is 11.1 Å². The van der Waals surface area contributed by atoms with Crippen molar-refractivity contribution in [2.24, 2.45) is 7.05 Å². The van der Waals surface area contributed by atoms with Gasteiger partial charge in [-0.25, -0.2) is 17.6 Å². The summed E-state index contributed by atoms with van der Waals surface area (Å²) >= 11 is 0. The number of pyridine rings is 1. The van der Waals surface area contributed by atoms with Gasteiger partial charge in [-0.1, -0.05) is 6.07 Å². The van der Waals surface area contributed by atoms with Crippen molar-refractivity contribution in [2.45, 2.75) is 18.7 Å². The van der Waals surface area contributed by atoms with Crippen molar-refractivity contribution in [1.29, 1.82) is 0 Å². The Morgan fingerprint density at radius 3 is 2.53 bits per heavy atom. The first-order chi connectivity index (χ1) is 17.1. The van der Waals surface area contributed by atoms with Gasteiger partial charge in [-0.05, 0) is 48.9 Å². The number of carbonyl (C=O) groups excluding carboxylic acids is 1. The fourth-order valence-corrected chi connectivity index (χ4v) is 5.62. The Bertz CT molecular complexity index is 1670. The highest BCUT2D eigenvalue weighted by molar-refractivity contribution is 7.89. The van der Waals surface area contributed by atoms with E-state index >= 15 is 0 Å². The van der Waals surface area contributed by atoms with Gasteiger partial charge in [0.1, 0.15) is 11.3 Å². The van der Waals surface area contributed by atoms with Gasteiger partial charge in [-0.15, -0.1) is 0 Å². The molecule has 3 heterocycles. The van der Waals surface area contributed by atoms with Crippen LogP contribution in [0.15, 0.2) is 59.7 Å². The summed E-state index contributed by atoms with van der Waals surface area (Å²) in [7, 11) is -1.69. The van der Waals surface area contributed by atoms with Crippen molar-refractivity contribution in [1.82, 2.24) is 9.55 Å². The zero-order valence-electron chi connectivity index (χ0n) is 19.9. The molecule has 1 atom stereocenters. The van der Waals surface area contributed by atoms with Crippen LogP contribution in [0, 0.1) is 5.82 Å². The SMILES string of the molecule is CCOC(=O)C1c2c[nH]c3c(=O)n(C)cc(c23)-c2cc(CS(C)(=O)=O)ccc2N1c1ccc(F)cc1. The summed E-state index contributed by atoms with van der Waals surface area (Å²) < 4.78 is 44.9. The highest BCUT2D eigenvalue weighted by Gasteiger charge is 2.38. The second-order valence-corrected chi connectivity index (χ2v) is 11.0. The molecule has 0 saturated carbocycles. The number of benzene rings is 2. The van der Waals surface area contributed by atoms with Gasteiger partial charge in [0, 0.05) is 53.5 Å². The van der Waals surface area contributed by atoms with E-state index in [1.54, 1.807) is 61.6 Å². The van der Waals surface area contributed by atoms with Gasteiger partial charge < -0.3 is 19.2 Å². The van der Waals surface area contributed by atoms with Crippen LogP contribution < -0.4 is 10.5 Å². The molecule has 186 valence electrons. The van der Waals surface area contributed by atoms with Crippen LogP contribution >= 0.6 is 0 Å². The Balaban J connectivity index is 1.91. The number of sulfone groups is 1. The summed E-state index contributed by atoms with van der Waals surface area (Å²) in [5.41, 5.74) is 3.55. The number of nitrogens with one attached hydrogen (secondary N) is 1. The molecule has 4 aromatic rings. The number of nitrogens with zero attached hydrogens (tertiary/aromatic N) is 2. The number of hydrogen-bond donors (Lipinski definition) is 1. The van der Waals surface area contributed by atoms with E-state index in [9.17, 15) is 22.4 Å². The summed E-state index contributed by atoms with van der Waals surface area (Å²) in [5.74, 6) is -1.14. The van der Waals surface area contributed by atoms with E-state index in [4.69, 9.17) is 4.74 Å². The molecular formula is C26H24FN3O5S.